The average molecular weight is 381 g/mol. The van der Waals surface area contributed by atoms with E-state index in [1.165, 1.54) is 7.05 Å². The molecule has 0 saturated heterocycles. The highest BCUT2D eigenvalue weighted by molar-refractivity contribution is 5.80. The predicted molar refractivity (Wildman–Crippen MR) is 90.4 cm³/mol. The van der Waals surface area contributed by atoms with Gasteiger partial charge in [-0.2, -0.15) is 23.3 Å². The Balaban J connectivity index is 1.61. The third-order valence-electron chi connectivity index (χ3n) is 4.76. The third kappa shape index (κ3) is 3.40. The Kier molecular flexibility index (Phi) is 3.97. The number of amides is 1. The van der Waals surface area contributed by atoms with Gasteiger partial charge in [-0.25, -0.2) is 4.98 Å². The van der Waals surface area contributed by atoms with Crippen LogP contribution in [0.1, 0.15) is 42.5 Å². The fourth-order valence-electron chi connectivity index (χ4n) is 3.07. The standard InChI is InChI=1S/C16H18F3N7O/c1-21-14-9(16(17,18)19)5-22-15(24-14)23-10-6-26(11-4-8(11)13(20)27)25-12(10)7-2-3-7/h5-8,11H,2-4H2,1H3,(H2,20,27)(H2,21,22,23,24)/t8-,11+/m1/s1. The number of alkyl halides is 3. The van der Waals surface area contributed by atoms with E-state index in [1.54, 1.807) is 10.9 Å². The van der Waals surface area contributed by atoms with Crippen LogP contribution in [0.3, 0.4) is 0 Å². The number of hydrogen-bond donors (Lipinski definition) is 3. The van der Waals surface area contributed by atoms with Gasteiger partial charge in [0, 0.05) is 25.4 Å². The normalized spacial score (nSPS) is 21.8. The van der Waals surface area contributed by atoms with Crippen molar-refractivity contribution in [3.63, 3.8) is 0 Å². The van der Waals surface area contributed by atoms with Crippen molar-refractivity contribution in [2.45, 2.75) is 37.4 Å². The van der Waals surface area contributed by atoms with Crippen molar-refractivity contribution in [3.05, 3.63) is 23.7 Å². The van der Waals surface area contributed by atoms with E-state index in [0.29, 0.717) is 12.1 Å². The second kappa shape index (κ2) is 6.10. The summed E-state index contributed by atoms with van der Waals surface area (Å²) in [5.74, 6) is -0.573. The van der Waals surface area contributed by atoms with E-state index in [1.807, 2.05) is 0 Å². The molecule has 2 fully saturated rings. The number of anilines is 3. The molecule has 4 rings (SSSR count). The molecule has 0 unspecified atom stereocenters. The second-order valence-electron chi connectivity index (χ2n) is 6.82. The molecular formula is C16H18F3N7O. The predicted octanol–water partition coefficient (Wildman–Crippen LogP) is 2.40. The molecule has 2 aromatic heterocycles. The van der Waals surface area contributed by atoms with Gasteiger partial charge < -0.3 is 16.4 Å². The summed E-state index contributed by atoms with van der Waals surface area (Å²) in [7, 11) is 1.37. The number of carbonyl (C=O) groups excluding carboxylic acids is 1. The van der Waals surface area contributed by atoms with Gasteiger partial charge in [0.05, 0.1) is 23.3 Å². The molecule has 2 saturated carbocycles. The number of hydrogen-bond acceptors (Lipinski definition) is 6. The highest BCUT2D eigenvalue weighted by Gasteiger charge is 2.45. The summed E-state index contributed by atoms with van der Waals surface area (Å²) < 4.78 is 40.6. The SMILES string of the molecule is CNc1nc(Nc2cn([C@H]3C[C@H]3C(N)=O)nc2C2CC2)ncc1C(F)(F)F. The van der Waals surface area contributed by atoms with Gasteiger partial charge in [0.15, 0.2) is 0 Å². The lowest BCUT2D eigenvalue weighted by Crippen LogP contribution is -2.15. The molecule has 144 valence electrons. The molecule has 2 heterocycles. The van der Waals surface area contributed by atoms with Crippen molar-refractivity contribution in [1.29, 1.82) is 0 Å². The molecule has 11 heteroatoms. The first-order valence-electron chi connectivity index (χ1n) is 8.55. The molecule has 1 amide bonds. The fraction of sp³-hybridized carbons (Fsp3) is 0.500. The lowest BCUT2D eigenvalue weighted by molar-refractivity contribution is -0.137. The minimum atomic E-state index is -4.54. The maximum absolute atomic E-state index is 13.0. The first kappa shape index (κ1) is 17.6. The molecular weight excluding hydrogens is 363 g/mol. The molecule has 8 nitrogen and oxygen atoms in total. The summed E-state index contributed by atoms with van der Waals surface area (Å²) >= 11 is 0. The van der Waals surface area contributed by atoms with Crippen LogP contribution in [0.25, 0.3) is 0 Å². The van der Waals surface area contributed by atoms with Crippen molar-refractivity contribution in [2.75, 3.05) is 17.7 Å². The van der Waals surface area contributed by atoms with Crippen LogP contribution in [0, 0.1) is 5.92 Å². The highest BCUT2D eigenvalue weighted by Crippen LogP contribution is 2.47. The molecule has 0 aliphatic heterocycles. The van der Waals surface area contributed by atoms with Crippen molar-refractivity contribution in [2.24, 2.45) is 11.7 Å². The van der Waals surface area contributed by atoms with E-state index in [2.05, 4.69) is 25.7 Å². The molecule has 0 bridgehead atoms. The van der Waals surface area contributed by atoms with E-state index in [9.17, 15) is 18.0 Å². The smallest absolute Gasteiger partial charge is 0.372 e. The van der Waals surface area contributed by atoms with Crippen LogP contribution >= 0.6 is 0 Å². The Labute approximate surface area is 152 Å². The summed E-state index contributed by atoms with van der Waals surface area (Å²) in [5.41, 5.74) is 5.84. The summed E-state index contributed by atoms with van der Waals surface area (Å²) in [6.45, 7) is 0. The third-order valence-corrected chi connectivity index (χ3v) is 4.76. The summed E-state index contributed by atoms with van der Waals surface area (Å²) in [4.78, 5) is 19.0. The summed E-state index contributed by atoms with van der Waals surface area (Å²) in [6.07, 6.45) is 0.558. The zero-order valence-corrected chi connectivity index (χ0v) is 14.4. The summed E-state index contributed by atoms with van der Waals surface area (Å²) in [5, 5.41) is 9.97. The number of carbonyl (C=O) groups is 1. The van der Waals surface area contributed by atoms with E-state index in [0.717, 1.165) is 24.7 Å². The minimum Gasteiger partial charge on any atom is -0.372 e. The molecule has 2 atom stereocenters. The van der Waals surface area contributed by atoms with E-state index in [4.69, 9.17) is 5.73 Å². The largest absolute Gasteiger partial charge is 0.421 e. The van der Waals surface area contributed by atoms with Crippen LogP contribution < -0.4 is 16.4 Å². The Hall–Kier alpha value is -2.85. The van der Waals surface area contributed by atoms with Gasteiger partial charge in [-0.3, -0.25) is 9.48 Å². The van der Waals surface area contributed by atoms with Gasteiger partial charge in [-0.15, -0.1) is 0 Å². The number of aromatic nitrogens is 4. The fourth-order valence-corrected chi connectivity index (χ4v) is 3.07. The van der Waals surface area contributed by atoms with E-state index >= 15 is 0 Å². The number of halogens is 3. The van der Waals surface area contributed by atoms with Crippen LogP contribution in [-0.2, 0) is 11.0 Å². The van der Waals surface area contributed by atoms with Crippen LogP contribution in [0.4, 0.5) is 30.6 Å². The number of rotatable bonds is 6. The maximum atomic E-state index is 13.0. The zero-order chi connectivity index (χ0) is 19.3. The molecule has 2 aliphatic carbocycles. The second-order valence-corrected chi connectivity index (χ2v) is 6.82. The Bertz CT molecular complexity index is 891. The van der Waals surface area contributed by atoms with Gasteiger partial charge >= 0.3 is 6.18 Å². The number of primary amides is 1. The van der Waals surface area contributed by atoms with Gasteiger partial charge in [0.25, 0.3) is 0 Å². The molecule has 4 N–H and O–H groups in total. The van der Waals surface area contributed by atoms with Crippen LogP contribution in [0.2, 0.25) is 0 Å². The minimum absolute atomic E-state index is 0.0380. The number of nitrogens with zero attached hydrogens (tertiary/aromatic N) is 4. The van der Waals surface area contributed by atoms with Gasteiger partial charge in [0.1, 0.15) is 11.4 Å². The van der Waals surface area contributed by atoms with Crippen molar-refractivity contribution < 1.29 is 18.0 Å². The van der Waals surface area contributed by atoms with Crippen LogP contribution in [0.15, 0.2) is 12.4 Å². The molecule has 27 heavy (non-hydrogen) atoms. The average Bonchev–Trinajstić information content (AvgIpc) is 3.52. The Morgan fingerprint density at radius 1 is 1.37 bits per heavy atom. The molecule has 0 radical (unpaired) electrons. The van der Waals surface area contributed by atoms with Gasteiger partial charge in [-0.05, 0) is 19.3 Å². The molecule has 0 aromatic carbocycles. The number of nitrogens with one attached hydrogen (secondary N) is 2. The topological polar surface area (TPSA) is 111 Å². The first-order valence-corrected chi connectivity index (χ1v) is 8.55. The Morgan fingerprint density at radius 3 is 2.67 bits per heavy atom. The van der Waals surface area contributed by atoms with Crippen molar-refractivity contribution in [1.82, 2.24) is 19.7 Å². The highest BCUT2D eigenvalue weighted by atomic mass is 19.4. The van der Waals surface area contributed by atoms with Crippen LogP contribution in [0.5, 0.6) is 0 Å². The van der Waals surface area contributed by atoms with Gasteiger partial charge in [-0.1, -0.05) is 0 Å². The number of nitrogens with two attached hydrogens (primary N) is 1. The van der Waals surface area contributed by atoms with E-state index < -0.39 is 11.7 Å². The Morgan fingerprint density at radius 2 is 2.11 bits per heavy atom. The summed E-state index contributed by atoms with van der Waals surface area (Å²) in [6, 6.07) is -0.0723. The van der Waals surface area contributed by atoms with E-state index in [-0.39, 0.29) is 35.6 Å². The quantitative estimate of drug-likeness (QED) is 0.709. The van der Waals surface area contributed by atoms with Crippen molar-refractivity contribution >= 4 is 23.4 Å². The molecule has 2 aliphatic rings. The molecule has 2 aromatic rings. The van der Waals surface area contributed by atoms with Crippen LogP contribution in [-0.4, -0.2) is 32.7 Å². The molecule has 0 spiro atoms. The lowest BCUT2D eigenvalue weighted by Gasteiger charge is -2.12. The lowest BCUT2D eigenvalue weighted by atomic mass is 10.2. The monoisotopic (exact) mass is 381 g/mol. The zero-order valence-electron chi connectivity index (χ0n) is 14.4. The van der Waals surface area contributed by atoms with Gasteiger partial charge in [0.2, 0.25) is 11.9 Å². The maximum Gasteiger partial charge on any atom is 0.421 e. The first-order chi connectivity index (χ1) is 12.8. The van der Waals surface area contributed by atoms with Crippen molar-refractivity contribution in [3.8, 4) is 0 Å².